The first kappa shape index (κ1) is 10.5. The van der Waals surface area contributed by atoms with Crippen LogP contribution >= 0.6 is 0 Å². The van der Waals surface area contributed by atoms with Gasteiger partial charge in [0.1, 0.15) is 0 Å². The molecule has 1 saturated heterocycles. The predicted octanol–water partition coefficient (Wildman–Crippen LogP) is 2.35. The van der Waals surface area contributed by atoms with Crippen molar-refractivity contribution in [2.75, 3.05) is 18.1 Å². The first-order valence-electron chi connectivity index (χ1n) is 5.75. The molecular weight excluding hydrogens is 186 g/mol. The van der Waals surface area contributed by atoms with Gasteiger partial charge in [-0.2, -0.15) is 0 Å². The lowest BCUT2D eigenvalue weighted by molar-refractivity contribution is 0.240. The van der Waals surface area contributed by atoms with Gasteiger partial charge in [0.05, 0.1) is 12.6 Å². The summed E-state index contributed by atoms with van der Waals surface area (Å²) in [6.45, 7) is 3.46. The van der Waals surface area contributed by atoms with E-state index >= 15 is 0 Å². The van der Waals surface area contributed by atoms with Gasteiger partial charge in [0.2, 0.25) is 0 Å². The molecule has 0 unspecified atom stereocenters. The Morgan fingerprint density at radius 2 is 2.27 bits per heavy atom. The molecule has 1 heterocycles. The summed E-state index contributed by atoms with van der Waals surface area (Å²) in [5.41, 5.74) is 2.54. The summed E-state index contributed by atoms with van der Waals surface area (Å²) in [6.07, 6.45) is 3.60. The molecule has 0 saturated carbocycles. The molecule has 1 aliphatic rings. The zero-order valence-corrected chi connectivity index (χ0v) is 9.32. The van der Waals surface area contributed by atoms with Crippen LogP contribution in [0, 0.1) is 6.92 Å². The minimum absolute atomic E-state index is 0.272. The van der Waals surface area contributed by atoms with Crippen LogP contribution in [0.1, 0.15) is 24.8 Å². The second-order valence-corrected chi connectivity index (χ2v) is 4.36. The molecule has 2 rings (SSSR count). The lowest BCUT2D eigenvalue weighted by Gasteiger charge is -2.36. The van der Waals surface area contributed by atoms with Crippen molar-refractivity contribution in [3.05, 3.63) is 29.8 Å². The summed E-state index contributed by atoms with van der Waals surface area (Å²) < 4.78 is 0. The Morgan fingerprint density at radius 3 is 3.00 bits per heavy atom. The van der Waals surface area contributed by atoms with Gasteiger partial charge in [0.15, 0.2) is 0 Å². The van der Waals surface area contributed by atoms with Gasteiger partial charge < -0.3 is 10.0 Å². The summed E-state index contributed by atoms with van der Waals surface area (Å²) in [5, 5.41) is 9.35. The van der Waals surface area contributed by atoms with E-state index in [0.717, 1.165) is 13.0 Å². The van der Waals surface area contributed by atoms with Gasteiger partial charge in [-0.15, -0.1) is 0 Å². The highest BCUT2D eigenvalue weighted by Gasteiger charge is 2.21. The topological polar surface area (TPSA) is 23.5 Å². The lowest BCUT2D eigenvalue weighted by Crippen LogP contribution is -2.41. The molecule has 1 aromatic carbocycles. The fraction of sp³-hybridized carbons (Fsp3) is 0.538. The van der Waals surface area contributed by atoms with E-state index in [9.17, 15) is 5.11 Å². The van der Waals surface area contributed by atoms with Gasteiger partial charge in [-0.25, -0.2) is 0 Å². The molecule has 0 aliphatic carbocycles. The van der Waals surface area contributed by atoms with Crippen LogP contribution in [-0.2, 0) is 0 Å². The highest BCUT2D eigenvalue weighted by atomic mass is 16.3. The molecule has 0 amide bonds. The molecule has 1 aromatic rings. The largest absolute Gasteiger partial charge is 0.394 e. The van der Waals surface area contributed by atoms with Crippen molar-refractivity contribution in [3.63, 3.8) is 0 Å². The number of rotatable bonds is 2. The Morgan fingerprint density at radius 1 is 1.40 bits per heavy atom. The second-order valence-electron chi connectivity index (χ2n) is 4.36. The Kier molecular flexibility index (Phi) is 3.27. The third-order valence-electron chi connectivity index (χ3n) is 3.17. The Hall–Kier alpha value is -1.02. The monoisotopic (exact) mass is 205 g/mol. The average molecular weight is 205 g/mol. The number of hydrogen-bond acceptors (Lipinski definition) is 2. The molecule has 0 aromatic heterocycles. The number of hydrogen-bond donors (Lipinski definition) is 1. The van der Waals surface area contributed by atoms with Crippen molar-refractivity contribution >= 4 is 5.69 Å². The highest BCUT2D eigenvalue weighted by Crippen LogP contribution is 2.25. The minimum Gasteiger partial charge on any atom is -0.394 e. The van der Waals surface area contributed by atoms with E-state index in [1.54, 1.807) is 0 Å². The summed E-state index contributed by atoms with van der Waals surface area (Å²) in [7, 11) is 0. The predicted molar refractivity (Wildman–Crippen MR) is 63.2 cm³/mol. The number of piperidine rings is 1. The molecule has 2 nitrogen and oxygen atoms in total. The molecule has 82 valence electrons. The first-order chi connectivity index (χ1) is 7.31. The van der Waals surface area contributed by atoms with Crippen molar-refractivity contribution in [2.24, 2.45) is 0 Å². The maximum absolute atomic E-state index is 9.35. The van der Waals surface area contributed by atoms with Gasteiger partial charge in [0.25, 0.3) is 0 Å². The summed E-state index contributed by atoms with van der Waals surface area (Å²) >= 11 is 0. The van der Waals surface area contributed by atoms with Crippen molar-refractivity contribution in [1.82, 2.24) is 0 Å². The Bertz CT molecular complexity index is 324. The molecule has 0 bridgehead atoms. The molecule has 1 N–H and O–H groups in total. The number of nitrogens with zero attached hydrogens (tertiary/aromatic N) is 1. The Labute approximate surface area is 91.5 Å². The van der Waals surface area contributed by atoms with Crippen LogP contribution in [0.2, 0.25) is 0 Å². The Balaban J connectivity index is 2.20. The van der Waals surface area contributed by atoms with E-state index in [-0.39, 0.29) is 6.61 Å². The van der Waals surface area contributed by atoms with Crippen molar-refractivity contribution < 1.29 is 5.11 Å². The standard InChI is InChI=1S/C13H19NO/c1-11-5-4-7-12(9-11)14-8-3-2-6-13(14)10-15/h4-5,7,9,13,15H,2-3,6,8,10H2,1H3/t13-/m1/s1. The first-order valence-corrected chi connectivity index (χ1v) is 5.75. The van der Waals surface area contributed by atoms with Crippen molar-refractivity contribution in [2.45, 2.75) is 32.2 Å². The van der Waals surface area contributed by atoms with Crippen LogP contribution in [0.4, 0.5) is 5.69 Å². The smallest absolute Gasteiger partial charge is 0.0635 e. The molecule has 0 radical (unpaired) electrons. The van der Waals surface area contributed by atoms with Crippen LogP contribution in [0.15, 0.2) is 24.3 Å². The number of aliphatic hydroxyl groups excluding tert-OH is 1. The van der Waals surface area contributed by atoms with E-state index in [1.165, 1.54) is 24.1 Å². The van der Waals surface area contributed by atoms with Gasteiger partial charge in [0, 0.05) is 12.2 Å². The van der Waals surface area contributed by atoms with E-state index in [1.807, 2.05) is 0 Å². The average Bonchev–Trinajstić information content (AvgIpc) is 2.29. The van der Waals surface area contributed by atoms with Crippen LogP contribution < -0.4 is 4.90 Å². The lowest BCUT2D eigenvalue weighted by atomic mass is 10.0. The van der Waals surface area contributed by atoms with Gasteiger partial charge in [-0.05, 0) is 43.9 Å². The molecule has 1 aliphatic heterocycles. The zero-order valence-electron chi connectivity index (χ0n) is 9.32. The third-order valence-corrected chi connectivity index (χ3v) is 3.17. The SMILES string of the molecule is Cc1cccc(N2CCCC[C@@H]2CO)c1. The van der Waals surface area contributed by atoms with E-state index in [4.69, 9.17) is 0 Å². The fourth-order valence-corrected chi connectivity index (χ4v) is 2.34. The summed E-state index contributed by atoms with van der Waals surface area (Å²) in [5.74, 6) is 0. The number of aliphatic hydroxyl groups is 1. The maximum atomic E-state index is 9.35. The van der Waals surface area contributed by atoms with E-state index in [2.05, 4.69) is 36.1 Å². The van der Waals surface area contributed by atoms with E-state index < -0.39 is 0 Å². The molecular formula is C13H19NO. The van der Waals surface area contributed by atoms with E-state index in [0.29, 0.717) is 6.04 Å². The molecule has 1 atom stereocenters. The number of aryl methyl sites for hydroxylation is 1. The molecule has 1 fully saturated rings. The number of anilines is 1. The minimum atomic E-state index is 0.272. The van der Waals surface area contributed by atoms with Crippen LogP contribution in [0.5, 0.6) is 0 Å². The van der Waals surface area contributed by atoms with Gasteiger partial charge >= 0.3 is 0 Å². The van der Waals surface area contributed by atoms with Crippen molar-refractivity contribution in [3.8, 4) is 0 Å². The maximum Gasteiger partial charge on any atom is 0.0635 e. The van der Waals surface area contributed by atoms with Crippen LogP contribution in [-0.4, -0.2) is 24.3 Å². The highest BCUT2D eigenvalue weighted by molar-refractivity contribution is 5.49. The van der Waals surface area contributed by atoms with Crippen LogP contribution in [0.3, 0.4) is 0 Å². The quantitative estimate of drug-likeness (QED) is 0.801. The summed E-state index contributed by atoms with van der Waals surface area (Å²) in [4.78, 5) is 2.34. The van der Waals surface area contributed by atoms with Crippen molar-refractivity contribution in [1.29, 1.82) is 0 Å². The number of benzene rings is 1. The molecule has 15 heavy (non-hydrogen) atoms. The normalized spacial score (nSPS) is 21.7. The molecule has 2 heteroatoms. The summed E-state index contributed by atoms with van der Waals surface area (Å²) in [6, 6.07) is 8.87. The third kappa shape index (κ3) is 2.32. The zero-order chi connectivity index (χ0) is 10.7. The van der Waals surface area contributed by atoms with Gasteiger partial charge in [-0.1, -0.05) is 12.1 Å². The van der Waals surface area contributed by atoms with Gasteiger partial charge in [-0.3, -0.25) is 0 Å². The molecule has 0 spiro atoms. The second kappa shape index (κ2) is 4.67. The fourth-order valence-electron chi connectivity index (χ4n) is 2.34. The van der Waals surface area contributed by atoms with Crippen LogP contribution in [0.25, 0.3) is 0 Å².